The molecule has 2 saturated heterocycles. The van der Waals surface area contributed by atoms with Crippen molar-refractivity contribution < 1.29 is 14.4 Å². The van der Waals surface area contributed by atoms with Crippen LogP contribution in [0.3, 0.4) is 0 Å². The average Bonchev–Trinajstić information content (AvgIpc) is 3.12. The summed E-state index contributed by atoms with van der Waals surface area (Å²) in [5, 5.41) is 4.06. The molecule has 27 heavy (non-hydrogen) atoms. The number of carbonyl (C=O) groups excluding carboxylic acids is 3. The summed E-state index contributed by atoms with van der Waals surface area (Å²) in [5.74, 6) is -0.0244. The van der Waals surface area contributed by atoms with Gasteiger partial charge in [0.25, 0.3) is 5.91 Å². The van der Waals surface area contributed by atoms with E-state index in [1.54, 1.807) is 29.0 Å². The van der Waals surface area contributed by atoms with Crippen molar-refractivity contribution in [1.82, 2.24) is 24.5 Å². The maximum absolute atomic E-state index is 12.9. The standard InChI is InChI=1S/C19H27N5O3/c1-4-17(25)22-7-5-15(6-8-22)18(26)23-9-10-24(14(2)12-23)19(27)16-11-20-21(3)13-16/h4,11,13-15H,1,5-10,12H2,2-3H3/t14-/m0/s1. The van der Waals surface area contributed by atoms with Crippen LogP contribution in [0.25, 0.3) is 0 Å². The molecular weight excluding hydrogens is 346 g/mol. The van der Waals surface area contributed by atoms with Gasteiger partial charge in [-0.15, -0.1) is 0 Å². The predicted molar refractivity (Wildman–Crippen MR) is 99.8 cm³/mol. The van der Waals surface area contributed by atoms with E-state index in [1.807, 2.05) is 16.7 Å². The molecule has 2 aliphatic heterocycles. The van der Waals surface area contributed by atoms with E-state index in [-0.39, 0.29) is 29.7 Å². The molecule has 146 valence electrons. The highest BCUT2D eigenvalue weighted by Gasteiger charge is 2.35. The van der Waals surface area contributed by atoms with Gasteiger partial charge in [-0.2, -0.15) is 5.10 Å². The second-order valence-electron chi connectivity index (χ2n) is 7.34. The Labute approximate surface area is 159 Å². The minimum Gasteiger partial charge on any atom is -0.339 e. The lowest BCUT2D eigenvalue weighted by Crippen LogP contribution is -2.57. The van der Waals surface area contributed by atoms with Gasteiger partial charge in [0.15, 0.2) is 0 Å². The zero-order chi connectivity index (χ0) is 19.6. The smallest absolute Gasteiger partial charge is 0.257 e. The first-order valence-electron chi connectivity index (χ1n) is 9.40. The van der Waals surface area contributed by atoms with Gasteiger partial charge in [0, 0.05) is 57.9 Å². The van der Waals surface area contributed by atoms with Crippen molar-refractivity contribution >= 4 is 17.7 Å². The number of hydrogen-bond acceptors (Lipinski definition) is 4. The third-order valence-electron chi connectivity index (χ3n) is 5.48. The van der Waals surface area contributed by atoms with Crippen molar-refractivity contribution in [3.05, 3.63) is 30.6 Å². The predicted octanol–water partition coefficient (Wildman–Crippen LogP) is 0.518. The van der Waals surface area contributed by atoms with Crippen LogP contribution in [-0.4, -0.2) is 81.0 Å². The van der Waals surface area contributed by atoms with Gasteiger partial charge >= 0.3 is 0 Å². The number of aromatic nitrogens is 2. The van der Waals surface area contributed by atoms with Crippen molar-refractivity contribution in [3.63, 3.8) is 0 Å². The van der Waals surface area contributed by atoms with Crippen LogP contribution in [0.15, 0.2) is 25.0 Å². The van der Waals surface area contributed by atoms with Gasteiger partial charge in [0.05, 0.1) is 11.8 Å². The van der Waals surface area contributed by atoms with Crippen LogP contribution in [0.5, 0.6) is 0 Å². The highest BCUT2D eigenvalue weighted by atomic mass is 16.2. The molecule has 0 aromatic carbocycles. The van der Waals surface area contributed by atoms with Crippen LogP contribution in [0.2, 0.25) is 0 Å². The average molecular weight is 373 g/mol. The fraction of sp³-hybridized carbons (Fsp3) is 0.579. The Balaban J connectivity index is 1.55. The number of amides is 3. The summed E-state index contributed by atoms with van der Waals surface area (Å²) in [6.07, 6.45) is 5.97. The third kappa shape index (κ3) is 4.04. The van der Waals surface area contributed by atoms with Crippen LogP contribution < -0.4 is 0 Å². The summed E-state index contributed by atoms with van der Waals surface area (Å²) in [7, 11) is 1.78. The molecule has 0 spiro atoms. The second kappa shape index (κ2) is 7.94. The molecule has 8 nitrogen and oxygen atoms in total. The van der Waals surface area contributed by atoms with Gasteiger partial charge in [-0.1, -0.05) is 6.58 Å². The number of aryl methyl sites for hydroxylation is 1. The Morgan fingerprint density at radius 1 is 1.15 bits per heavy atom. The van der Waals surface area contributed by atoms with Crippen LogP contribution in [-0.2, 0) is 16.6 Å². The van der Waals surface area contributed by atoms with E-state index in [0.717, 1.165) is 0 Å². The fourth-order valence-corrected chi connectivity index (χ4v) is 3.89. The fourth-order valence-electron chi connectivity index (χ4n) is 3.89. The first-order valence-corrected chi connectivity index (χ1v) is 9.40. The molecule has 2 fully saturated rings. The molecule has 3 rings (SSSR count). The molecule has 3 amide bonds. The van der Waals surface area contributed by atoms with E-state index in [4.69, 9.17) is 0 Å². The lowest BCUT2D eigenvalue weighted by molar-refractivity contribution is -0.141. The summed E-state index contributed by atoms with van der Waals surface area (Å²) < 4.78 is 1.61. The first kappa shape index (κ1) is 19.1. The Morgan fingerprint density at radius 3 is 2.41 bits per heavy atom. The molecule has 0 N–H and O–H groups in total. The van der Waals surface area contributed by atoms with E-state index >= 15 is 0 Å². The van der Waals surface area contributed by atoms with Crippen molar-refractivity contribution in [2.45, 2.75) is 25.8 Å². The Morgan fingerprint density at radius 2 is 1.85 bits per heavy atom. The Kier molecular flexibility index (Phi) is 5.62. The molecule has 1 aromatic rings. The van der Waals surface area contributed by atoms with Crippen LogP contribution in [0.1, 0.15) is 30.1 Å². The van der Waals surface area contributed by atoms with E-state index in [9.17, 15) is 14.4 Å². The topological polar surface area (TPSA) is 78.8 Å². The summed E-state index contributed by atoms with van der Waals surface area (Å²) in [4.78, 5) is 42.6. The number of piperidine rings is 1. The maximum atomic E-state index is 12.9. The maximum Gasteiger partial charge on any atom is 0.257 e. The molecule has 1 aromatic heterocycles. The molecule has 3 heterocycles. The molecule has 0 aliphatic carbocycles. The third-order valence-corrected chi connectivity index (χ3v) is 5.48. The molecule has 8 heteroatoms. The summed E-state index contributed by atoms with van der Waals surface area (Å²) in [5.41, 5.74) is 0.573. The zero-order valence-corrected chi connectivity index (χ0v) is 16.0. The molecule has 0 radical (unpaired) electrons. The van der Waals surface area contributed by atoms with Gasteiger partial charge in [-0.3, -0.25) is 19.1 Å². The highest BCUT2D eigenvalue weighted by molar-refractivity contribution is 5.94. The Bertz CT molecular complexity index is 735. The van der Waals surface area contributed by atoms with Gasteiger partial charge in [0.1, 0.15) is 0 Å². The van der Waals surface area contributed by atoms with Gasteiger partial charge < -0.3 is 14.7 Å². The second-order valence-corrected chi connectivity index (χ2v) is 7.34. The number of carbonyl (C=O) groups is 3. The normalized spacial score (nSPS) is 21.3. The number of piperazine rings is 1. The molecule has 2 aliphatic rings. The van der Waals surface area contributed by atoms with Gasteiger partial charge in [0.2, 0.25) is 11.8 Å². The van der Waals surface area contributed by atoms with E-state index in [2.05, 4.69) is 11.7 Å². The SMILES string of the molecule is C=CC(=O)N1CCC(C(=O)N2CCN(C(=O)c3cnn(C)c3)[C@@H](C)C2)CC1. The van der Waals surface area contributed by atoms with Gasteiger partial charge in [-0.25, -0.2) is 0 Å². The zero-order valence-electron chi connectivity index (χ0n) is 16.0. The molecule has 0 bridgehead atoms. The van der Waals surface area contributed by atoms with Gasteiger partial charge in [-0.05, 0) is 25.8 Å². The minimum absolute atomic E-state index is 0.0426. The summed E-state index contributed by atoms with van der Waals surface area (Å²) >= 11 is 0. The molecule has 0 unspecified atom stereocenters. The number of rotatable bonds is 3. The van der Waals surface area contributed by atoms with Crippen molar-refractivity contribution in [2.24, 2.45) is 13.0 Å². The quantitative estimate of drug-likeness (QED) is 0.724. The summed E-state index contributed by atoms with van der Waals surface area (Å²) in [6.45, 7) is 8.27. The van der Waals surface area contributed by atoms with E-state index in [1.165, 1.54) is 6.08 Å². The molecular formula is C19H27N5O3. The van der Waals surface area contributed by atoms with Crippen molar-refractivity contribution in [3.8, 4) is 0 Å². The molecule has 0 saturated carbocycles. The van der Waals surface area contributed by atoms with E-state index < -0.39 is 0 Å². The highest BCUT2D eigenvalue weighted by Crippen LogP contribution is 2.22. The van der Waals surface area contributed by atoms with Crippen LogP contribution in [0, 0.1) is 5.92 Å². The van der Waals surface area contributed by atoms with E-state index in [0.29, 0.717) is 51.1 Å². The monoisotopic (exact) mass is 373 g/mol. The minimum atomic E-state index is -0.0722. The summed E-state index contributed by atoms with van der Waals surface area (Å²) in [6, 6.07) is -0.0437. The van der Waals surface area contributed by atoms with Crippen LogP contribution >= 0.6 is 0 Å². The lowest BCUT2D eigenvalue weighted by Gasteiger charge is -2.42. The Hall–Kier alpha value is -2.64. The van der Waals surface area contributed by atoms with Crippen molar-refractivity contribution in [2.75, 3.05) is 32.7 Å². The van der Waals surface area contributed by atoms with Crippen LogP contribution in [0.4, 0.5) is 0 Å². The number of nitrogens with zero attached hydrogens (tertiary/aromatic N) is 5. The largest absolute Gasteiger partial charge is 0.339 e. The lowest BCUT2D eigenvalue weighted by atomic mass is 9.94. The van der Waals surface area contributed by atoms with Crippen molar-refractivity contribution in [1.29, 1.82) is 0 Å². The number of likely N-dealkylation sites (tertiary alicyclic amines) is 1. The number of hydrogen-bond donors (Lipinski definition) is 0. The molecule has 1 atom stereocenters. The first-order chi connectivity index (χ1) is 12.9.